The van der Waals surface area contributed by atoms with E-state index in [4.69, 9.17) is 9.47 Å². The molecule has 0 spiro atoms. The molecule has 0 amide bonds. The number of rotatable bonds is 9. The van der Waals surface area contributed by atoms with Gasteiger partial charge in [-0.1, -0.05) is 18.2 Å². The lowest BCUT2D eigenvalue weighted by Gasteiger charge is -2.22. The molecular formula is C28H21F3N4O6S2. The van der Waals surface area contributed by atoms with Gasteiger partial charge in [0, 0.05) is 22.5 Å². The highest BCUT2D eigenvalue weighted by Gasteiger charge is 2.33. The molecule has 3 aromatic carbocycles. The second-order valence-electron chi connectivity index (χ2n) is 9.04. The lowest BCUT2D eigenvalue weighted by atomic mass is 9.97. The minimum atomic E-state index is -4.67. The van der Waals surface area contributed by atoms with Crippen molar-refractivity contribution in [2.45, 2.75) is 17.6 Å². The lowest BCUT2D eigenvalue weighted by molar-refractivity contribution is -0.384. The predicted octanol–water partition coefficient (Wildman–Crippen LogP) is 6.70. The van der Waals surface area contributed by atoms with E-state index < -0.39 is 32.4 Å². The van der Waals surface area contributed by atoms with Gasteiger partial charge in [0.25, 0.3) is 15.7 Å². The molecule has 43 heavy (non-hydrogen) atoms. The Morgan fingerprint density at radius 3 is 2.35 bits per heavy atom. The smallest absolute Gasteiger partial charge is 0.416 e. The van der Waals surface area contributed by atoms with Gasteiger partial charge in [-0.05, 0) is 48.0 Å². The van der Waals surface area contributed by atoms with E-state index in [1.54, 1.807) is 29.6 Å². The Kier molecular flexibility index (Phi) is 7.94. The monoisotopic (exact) mass is 630 g/mol. The summed E-state index contributed by atoms with van der Waals surface area (Å²) in [7, 11) is -1.58. The molecule has 2 heterocycles. The van der Waals surface area contributed by atoms with Crippen molar-refractivity contribution in [1.82, 2.24) is 9.97 Å². The summed E-state index contributed by atoms with van der Waals surface area (Å²) in [5.41, 5.74) is -0.835. The van der Waals surface area contributed by atoms with Crippen molar-refractivity contribution in [2.24, 2.45) is 0 Å². The van der Waals surface area contributed by atoms with Crippen molar-refractivity contribution in [1.29, 1.82) is 0 Å². The Hall–Kier alpha value is -4.76. The van der Waals surface area contributed by atoms with E-state index in [0.717, 1.165) is 47.1 Å². The topological polar surface area (TPSA) is 125 Å². The Labute approximate surface area is 247 Å². The van der Waals surface area contributed by atoms with E-state index in [2.05, 4.69) is 9.97 Å². The average Bonchev–Trinajstić information content (AvgIpc) is 3.53. The number of fused-ring (bicyclic) bond motifs is 1. The molecule has 0 fully saturated rings. The van der Waals surface area contributed by atoms with Crippen LogP contribution in [0.4, 0.5) is 24.0 Å². The number of halogens is 3. The first-order chi connectivity index (χ1) is 20.4. The third kappa shape index (κ3) is 5.81. The zero-order chi connectivity index (χ0) is 30.9. The van der Waals surface area contributed by atoms with Crippen LogP contribution in [0, 0.1) is 10.1 Å². The molecule has 0 radical (unpaired) electrons. The van der Waals surface area contributed by atoms with E-state index in [9.17, 15) is 31.7 Å². The summed E-state index contributed by atoms with van der Waals surface area (Å²) in [6.45, 7) is -0.0560. The maximum absolute atomic E-state index is 14.0. The number of pyridine rings is 1. The second kappa shape index (κ2) is 11.5. The van der Waals surface area contributed by atoms with Gasteiger partial charge in [0.2, 0.25) is 0 Å². The molecule has 0 aliphatic heterocycles. The number of aromatic nitrogens is 2. The van der Waals surface area contributed by atoms with Gasteiger partial charge < -0.3 is 9.47 Å². The maximum Gasteiger partial charge on any atom is 0.416 e. The van der Waals surface area contributed by atoms with Gasteiger partial charge in [0.15, 0.2) is 5.13 Å². The van der Waals surface area contributed by atoms with Crippen LogP contribution in [0.5, 0.6) is 11.5 Å². The lowest BCUT2D eigenvalue weighted by Crippen LogP contribution is -2.30. The van der Waals surface area contributed by atoms with Gasteiger partial charge in [0.05, 0.1) is 47.2 Å². The molecule has 0 aliphatic carbocycles. The van der Waals surface area contributed by atoms with Gasteiger partial charge in [-0.15, -0.1) is 11.3 Å². The van der Waals surface area contributed by atoms with Crippen LogP contribution >= 0.6 is 11.3 Å². The largest absolute Gasteiger partial charge is 0.497 e. The first-order valence-corrected chi connectivity index (χ1v) is 14.6. The Balaban J connectivity index is 1.64. The number of methoxy groups -OCH3 is 2. The minimum Gasteiger partial charge on any atom is -0.497 e. The number of thiazole rings is 1. The summed E-state index contributed by atoms with van der Waals surface area (Å²) < 4.78 is 79.5. The number of hydrogen-bond donors (Lipinski definition) is 0. The van der Waals surface area contributed by atoms with Crippen molar-refractivity contribution in [2.75, 3.05) is 18.5 Å². The standard InChI is InChI=1S/C28H21F3N4O6S2/c1-40-19-6-3-17(4-7-19)16-34(27-32-11-12-42-27)43(38,39)20-8-10-21-23(14-20)33-15-24(35(36)37)26(21)22-9-5-18(28(29,30)31)13-25(22)41-2/h3-15H,16H2,1-2H3. The normalized spacial score (nSPS) is 11.8. The molecule has 2 aromatic heterocycles. The van der Waals surface area contributed by atoms with Crippen LogP contribution in [0.2, 0.25) is 0 Å². The maximum atomic E-state index is 14.0. The number of ether oxygens (including phenoxy) is 2. The molecule has 0 N–H and O–H groups in total. The molecule has 0 bridgehead atoms. The number of sulfonamides is 1. The number of nitro groups is 1. The summed E-state index contributed by atoms with van der Waals surface area (Å²) in [5.74, 6) is 0.346. The van der Waals surface area contributed by atoms with Crippen molar-refractivity contribution in [3.63, 3.8) is 0 Å². The molecule has 0 saturated carbocycles. The first-order valence-electron chi connectivity index (χ1n) is 12.3. The highest BCUT2D eigenvalue weighted by molar-refractivity contribution is 7.93. The molecular weight excluding hydrogens is 609 g/mol. The van der Waals surface area contributed by atoms with Gasteiger partial charge in [-0.3, -0.25) is 10.1 Å². The molecule has 0 aliphatic rings. The van der Waals surface area contributed by atoms with E-state index in [1.165, 1.54) is 31.5 Å². The average molecular weight is 631 g/mol. The number of alkyl halides is 3. The second-order valence-corrected chi connectivity index (χ2v) is 11.8. The molecule has 222 valence electrons. The first kappa shape index (κ1) is 29.7. The highest BCUT2D eigenvalue weighted by atomic mass is 32.2. The summed E-state index contributed by atoms with van der Waals surface area (Å²) in [5, 5.41) is 13.9. The Morgan fingerprint density at radius 2 is 1.74 bits per heavy atom. The van der Waals surface area contributed by atoms with Gasteiger partial charge >= 0.3 is 6.18 Å². The summed E-state index contributed by atoms with van der Waals surface area (Å²) in [6, 6.07) is 13.3. The fraction of sp³-hybridized carbons (Fsp3) is 0.143. The van der Waals surface area contributed by atoms with Crippen LogP contribution in [0.3, 0.4) is 0 Å². The van der Waals surface area contributed by atoms with Crippen molar-refractivity contribution in [3.8, 4) is 22.6 Å². The Morgan fingerprint density at radius 1 is 1.00 bits per heavy atom. The summed E-state index contributed by atoms with van der Waals surface area (Å²) >= 11 is 1.12. The molecule has 0 unspecified atom stereocenters. The molecule has 0 atom stereocenters. The quantitative estimate of drug-likeness (QED) is 0.130. The number of hydrogen-bond acceptors (Lipinski definition) is 9. The van der Waals surface area contributed by atoms with E-state index in [-0.39, 0.29) is 44.4 Å². The highest BCUT2D eigenvalue weighted by Crippen LogP contribution is 2.43. The number of nitrogens with zero attached hydrogens (tertiary/aromatic N) is 4. The third-order valence-electron chi connectivity index (χ3n) is 6.52. The molecule has 5 rings (SSSR count). The van der Waals surface area contributed by atoms with E-state index in [0.29, 0.717) is 11.3 Å². The minimum absolute atomic E-state index is 0.00845. The van der Waals surface area contributed by atoms with Crippen molar-refractivity contribution >= 4 is 43.1 Å². The van der Waals surface area contributed by atoms with Gasteiger partial charge in [-0.2, -0.15) is 13.2 Å². The Bertz CT molecular complexity index is 1920. The van der Waals surface area contributed by atoms with E-state index in [1.807, 2.05) is 0 Å². The van der Waals surface area contributed by atoms with Crippen LogP contribution in [0.1, 0.15) is 11.1 Å². The van der Waals surface area contributed by atoms with Crippen LogP contribution < -0.4 is 13.8 Å². The number of benzene rings is 3. The third-order valence-corrected chi connectivity index (χ3v) is 9.16. The molecule has 10 nitrogen and oxygen atoms in total. The fourth-order valence-electron chi connectivity index (χ4n) is 4.44. The molecule has 15 heteroatoms. The zero-order valence-electron chi connectivity index (χ0n) is 22.4. The van der Waals surface area contributed by atoms with Crippen molar-refractivity contribution < 1.29 is 36.0 Å². The van der Waals surface area contributed by atoms with Crippen LogP contribution in [0.25, 0.3) is 22.0 Å². The van der Waals surface area contributed by atoms with Crippen LogP contribution in [0.15, 0.2) is 83.3 Å². The van der Waals surface area contributed by atoms with Crippen LogP contribution in [-0.4, -0.2) is 37.5 Å². The molecule has 5 aromatic rings. The van der Waals surface area contributed by atoms with Crippen LogP contribution in [-0.2, 0) is 22.7 Å². The number of anilines is 1. The fourth-order valence-corrected chi connectivity index (χ4v) is 6.74. The van der Waals surface area contributed by atoms with Gasteiger partial charge in [-0.25, -0.2) is 22.7 Å². The van der Waals surface area contributed by atoms with Gasteiger partial charge in [0.1, 0.15) is 17.7 Å². The predicted molar refractivity (Wildman–Crippen MR) is 154 cm³/mol. The summed E-state index contributed by atoms with van der Waals surface area (Å²) in [6.07, 6.45) is -2.26. The SMILES string of the molecule is COc1ccc(CN(c2nccs2)S(=O)(=O)c2ccc3c(-c4ccc(C(F)(F)F)cc4OC)c([N+](=O)[O-])cnc3c2)cc1. The van der Waals surface area contributed by atoms with E-state index >= 15 is 0 Å². The molecule has 0 saturated heterocycles. The summed E-state index contributed by atoms with van der Waals surface area (Å²) in [4.78, 5) is 19.4. The zero-order valence-corrected chi connectivity index (χ0v) is 24.0. The van der Waals surface area contributed by atoms with Crippen molar-refractivity contribution in [3.05, 3.63) is 99.7 Å².